The average molecular weight is 387 g/mol. The third kappa shape index (κ3) is 3.16. The Morgan fingerprint density at radius 3 is 2.79 bits per heavy atom. The van der Waals surface area contributed by atoms with Crippen LogP contribution in [0.1, 0.15) is 26.4 Å². The van der Waals surface area contributed by atoms with Gasteiger partial charge in [0.2, 0.25) is 6.79 Å². The normalized spacial score (nSPS) is 13.9. The molecule has 1 N–H and O–H groups in total. The third-order valence-electron chi connectivity index (χ3n) is 5.00. The minimum absolute atomic E-state index is 0.144. The van der Waals surface area contributed by atoms with Crippen LogP contribution in [0.3, 0.4) is 0 Å². The standard InChI is InChI=1S/C22H17N3O4/c26-21(24-16-5-6-19-20(12-16)29-13-28-19)17-11-15(7-9-23-17)22(27)25-10-8-14-3-1-2-4-18(14)25/h1-7,9,11-12H,8,10,13H2,(H,24,26). The van der Waals surface area contributed by atoms with E-state index in [1.165, 1.54) is 12.3 Å². The first-order valence-electron chi connectivity index (χ1n) is 9.26. The number of hydrogen-bond acceptors (Lipinski definition) is 5. The number of anilines is 2. The first-order chi connectivity index (χ1) is 14.2. The van der Waals surface area contributed by atoms with E-state index in [1.54, 1.807) is 29.2 Å². The summed E-state index contributed by atoms with van der Waals surface area (Å²) in [6.45, 7) is 0.789. The first kappa shape index (κ1) is 17.2. The number of benzene rings is 2. The predicted octanol–water partition coefficient (Wildman–Crippen LogP) is 3.27. The number of nitrogens with one attached hydrogen (secondary N) is 1. The van der Waals surface area contributed by atoms with E-state index in [0.29, 0.717) is 29.3 Å². The molecule has 3 heterocycles. The van der Waals surface area contributed by atoms with Gasteiger partial charge in [-0.2, -0.15) is 0 Å². The van der Waals surface area contributed by atoms with Gasteiger partial charge >= 0.3 is 0 Å². The zero-order valence-corrected chi connectivity index (χ0v) is 15.4. The molecule has 0 unspecified atom stereocenters. The Balaban J connectivity index is 1.36. The fraction of sp³-hybridized carbons (Fsp3) is 0.136. The van der Waals surface area contributed by atoms with Gasteiger partial charge in [0.1, 0.15) is 5.69 Å². The second-order valence-electron chi connectivity index (χ2n) is 6.79. The second-order valence-corrected chi connectivity index (χ2v) is 6.79. The van der Waals surface area contributed by atoms with Crippen LogP contribution < -0.4 is 19.7 Å². The zero-order chi connectivity index (χ0) is 19.8. The van der Waals surface area contributed by atoms with Crippen LogP contribution in [0.5, 0.6) is 11.5 Å². The van der Waals surface area contributed by atoms with E-state index in [-0.39, 0.29) is 18.4 Å². The molecule has 0 radical (unpaired) electrons. The average Bonchev–Trinajstić information content (AvgIpc) is 3.40. The van der Waals surface area contributed by atoms with Crippen LogP contribution in [0.25, 0.3) is 0 Å². The molecule has 0 bridgehead atoms. The Morgan fingerprint density at radius 1 is 1.00 bits per heavy atom. The van der Waals surface area contributed by atoms with Crippen molar-refractivity contribution in [2.75, 3.05) is 23.6 Å². The zero-order valence-electron chi connectivity index (χ0n) is 15.4. The van der Waals surface area contributed by atoms with Crippen molar-refractivity contribution in [2.24, 2.45) is 0 Å². The molecule has 0 aliphatic carbocycles. The molecule has 0 saturated carbocycles. The number of hydrogen-bond donors (Lipinski definition) is 1. The van der Waals surface area contributed by atoms with E-state index in [1.807, 2.05) is 24.3 Å². The van der Waals surface area contributed by atoms with E-state index in [9.17, 15) is 9.59 Å². The number of amides is 2. The molecule has 2 aliphatic heterocycles. The van der Waals surface area contributed by atoms with Crippen molar-refractivity contribution in [1.82, 2.24) is 4.98 Å². The lowest BCUT2D eigenvalue weighted by atomic mass is 10.1. The van der Waals surface area contributed by atoms with Crippen molar-refractivity contribution in [1.29, 1.82) is 0 Å². The van der Waals surface area contributed by atoms with E-state index in [0.717, 1.165) is 17.7 Å². The van der Waals surface area contributed by atoms with Crippen molar-refractivity contribution in [2.45, 2.75) is 6.42 Å². The molecule has 0 atom stereocenters. The molecule has 1 aromatic heterocycles. The highest BCUT2D eigenvalue weighted by Gasteiger charge is 2.26. The largest absolute Gasteiger partial charge is 0.454 e. The maximum Gasteiger partial charge on any atom is 0.274 e. The number of para-hydroxylation sites is 1. The summed E-state index contributed by atoms with van der Waals surface area (Å²) in [5.74, 6) is 0.668. The number of aromatic nitrogens is 1. The first-order valence-corrected chi connectivity index (χ1v) is 9.26. The number of fused-ring (bicyclic) bond motifs is 2. The summed E-state index contributed by atoms with van der Waals surface area (Å²) in [5, 5.41) is 2.78. The van der Waals surface area contributed by atoms with Crippen LogP contribution in [-0.2, 0) is 6.42 Å². The highest BCUT2D eigenvalue weighted by molar-refractivity contribution is 6.09. The molecule has 0 saturated heterocycles. The quantitative estimate of drug-likeness (QED) is 0.746. The molecule has 7 nitrogen and oxygen atoms in total. The van der Waals surface area contributed by atoms with Crippen LogP contribution >= 0.6 is 0 Å². The maximum atomic E-state index is 13.0. The number of pyridine rings is 1. The molecule has 144 valence electrons. The second kappa shape index (κ2) is 6.94. The lowest BCUT2D eigenvalue weighted by Crippen LogP contribution is -2.29. The summed E-state index contributed by atoms with van der Waals surface area (Å²) in [6.07, 6.45) is 2.30. The Labute approximate surface area is 166 Å². The fourth-order valence-corrected chi connectivity index (χ4v) is 3.56. The van der Waals surface area contributed by atoms with Crippen LogP contribution in [-0.4, -0.2) is 30.1 Å². The minimum Gasteiger partial charge on any atom is -0.454 e. The summed E-state index contributed by atoms with van der Waals surface area (Å²) >= 11 is 0. The van der Waals surface area contributed by atoms with Crippen LogP contribution in [0.15, 0.2) is 60.8 Å². The molecule has 3 aromatic rings. The number of nitrogens with zero attached hydrogens (tertiary/aromatic N) is 2. The Kier molecular flexibility index (Phi) is 4.13. The van der Waals surface area contributed by atoms with Crippen molar-refractivity contribution >= 4 is 23.2 Å². The van der Waals surface area contributed by atoms with Gasteiger partial charge in [0.05, 0.1) is 0 Å². The fourth-order valence-electron chi connectivity index (χ4n) is 3.56. The smallest absolute Gasteiger partial charge is 0.274 e. The molecule has 0 fully saturated rings. The molecule has 2 amide bonds. The van der Waals surface area contributed by atoms with E-state index >= 15 is 0 Å². The summed E-state index contributed by atoms with van der Waals surface area (Å²) in [4.78, 5) is 31.5. The molecular formula is C22H17N3O4. The van der Waals surface area contributed by atoms with Gasteiger partial charge in [-0.1, -0.05) is 18.2 Å². The molecular weight excluding hydrogens is 370 g/mol. The Bertz CT molecular complexity index is 1130. The number of carbonyl (C=O) groups is 2. The molecule has 2 aliphatic rings. The number of carbonyl (C=O) groups excluding carboxylic acids is 2. The van der Waals surface area contributed by atoms with Gasteiger partial charge in [-0.05, 0) is 42.3 Å². The Morgan fingerprint density at radius 2 is 1.86 bits per heavy atom. The molecule has 0 spiro atoms. The van der Waals surface area contributed by atoms with Gasteiger partial charge in [0.25, 0.3) is 11.8 Å². The molecule has 5 rings (SSSR count). The minimum atomic E-state index is -0.402. The highest BCUT2D eigenvalue weighted by atomic mass is 16.7. The van der Waals surface area contributed by atoms with Crippen LogP contribution in [0, 0.1) is 0 Å². The van der Waals surface area contributed by atoms with Crippen LogP contribution in [0.2, 0.25) is 0 Å². The van der Waals surface area contributed by atoms with Gasteiger partial charge in [0.15, 0.2) is 11.5 Å². The lowest BCUT2D eigenvalue weighted by molar-refractivity contribution is 0.0989. The monoisotopic (exact) mass is 387 g/mol. The van der Waals surface area contributed by atoms with Crippen LogP contribution in [0.4, 0.5) is 11.4 Å². The van der Waals surface area contributed by atoms with Crippen molar-refractivity contribution in [3.8, 4) is 11.5 Å². The van der Waals surface area contributed by atoms with Gasteiger partial charge in [-0.3, -0.25) is 14.6 Å². The van der Waals surface area contributed by atoms with Gasteiger partial charge in [-0.15, -0.1) is 0 Å². The highest BCUT2D eigenvalue weighted by Crippen LogP contribution is 2.34. The number of rotatable bonds is 3. The van der Waals surface area contributed by atoms with Gasteiger partial charge < -0.3 is 19.7 Å². The van der Waals surface area contributed by atoms with Crippen molar-refractivity contribution in [3.05, 3.63) is 77.6 Å². The summed E-state index contributed by atoms with van der Waals surface area (Å²) in [6, 6.07) is 16.1. The van der Waals surface area contributed by atoms with Crippen molar-refractivity contribution < 1.29 is 19.1 Å². The molecule has 2 aromatic carbocycles. The topological polar surface area (TPSA) is 80.8 Å². The number of ether oxygens (including phenoxy) is 2. The molecule has 7 heteroatoms. The predicted molar refractivity (Wildman–Crippen MR) is 107 cm³/mol. The van der Waals surface area contributed by atoms with Crippen molar-refractivity contribution in [3.63, 3.8) is 0 Å². The molecule has 29 heavy (non-hydrogen) atoms. The summed E-state index contributed by atoms with van der Waals surface area (Å²) < 4.78 is 10.6. The van der Waals surface area contributed by atoms with Gasteiger partial charge in [-0.25, -0.2) is 0 Å². The third-order valence-corrected chi connectivity index (χ3v) is 5.00. The summed E-state index contributed by atoms with van der Waals surface area (Å²) in [5.41, 5.74) is 3.22. The van der Waals surface area contributed by atoms with E-state index in [2.05, 4.69) is 10.3 Å². The van der Waals surface area contributed by atoms with E-state index < -0.39 is 5.91 Å². The maximum absolute atomic E-state index is 13.0. The Hall–Kier alpha value is -3.87. The van der Waals surface area contributed by atoms with Gasteiger partial charge in [0, 0.05) is 35.7 Å². The lowest BCUT2D eigenvalue weighted by Gasteiger charge is -2.17. The van der Waals surface area contributed by atoms with E-state index in [4.69, 9.17) is 9.47 Å². The SMILES string of the molecule is O=C(Nc1ccc2c(c1)OCO2)c1cc(C(=O)N2CCc3ccccc32)ccn1. The summed E-state index contributed by atoms with van der Waals surface area (Å²) in [7, 11) is 0.